The van der Waals surface area contributed by atoms with Crippen LogP contribution in [0.5, 0.6) is 0 Å². The smallest absolute Gasteiger partial charge is 0.244 e. The van der Waals surface area contributed by atoms with E-state index in [0.29, 0.717) is 5.92 Å². The highest BCUT2D eigenvalue weighted by molar-refractivity contribution is 5.96. The first-order valence-electron chi connectivity index (χ1n) is 7.32. The Bertz CT molecular complexity index is 534. The molecule has 0 spiro atoms. The molecular formula is C17H22FNO. The molecule has 1 atom stereocenters. The van der Waals surface area contributed by atoms with Crippen LogP contribution in [-0.4, -0.2) is 11.9 Å². The maximum atomic E-state index is 13.5. The van der Waals surface area contributed by atoms with E-state index in [4.69, 9.17) is 0 Å². The van der Waals surface area contributed by atoms with Crippen LogP contribution in [0.25, 0.3) is 5.57 Å². The average molecular weight is 275 g/mol. The van der Waals surface area contributed by atoms with Crippen molar-refractivity contribution in [3.8, 4) is 0 Å². The predicted molar refractivity (Wildman–Crippen MR) is 79.9 cm³/mol. The second-order valence-corrected chi connectivity index (χ2v) is 5.75. The van der Waals surface area contributed by atoms with Crippen molar-refractivity contribution in [2.75, 3.05) is 0 Å². The molecule has 1 amide bonds. The van der Waals surface area contributed by atoms with Crippen LogP contribution in [0.3, 0.4) is 0 Å². The molecule has 0 radical (unpaired) electrons. The lowest BCUT2D eigenvalue weighted by atomic mass is 9.97. The lowest BCUT2D eigenvalue weighted by Crippen LogP contribution is -2.28. The summed E-state index contributed by atoms with van der Waals surface area (Å²) in [4.78, 5) is 11.9. The van der Waals surface area contributed by atoms with Crippen LogP contribution >= 0.6 is 0 Å². The van der Waals surface area contributed by atoms with Crippen molar-refractivity contribution < 1.29 is 9.18 Å². The van der Waals surface area contributed by atoms with Crippen molar-refractivity contribution in [3.63, 3.8) is 0 Å². The van der Waals surface area contributed by atoms with Crippen LogP contribution in [-0.2, 0) is 4.79 Å². The average Bonchev–Trinajstić information content (AvgIpc) is 2.66. The van der Waals surface area contributed by atoms with E-state index in [2.05, 4.69) is 12.2 Å². The summed E-state index contributed by atoms with van der Waals surface area (Å²) in [5, 5.41) is 2.85. The van der Waals surface area contributed by atoms with Crippen molar-refractivity contribution in [3.05, 3.63) is 41.2 Å². The zero-order chi connectivity index (χ0) is 14.7. The topological polar surface area (TPSA) is 29.1 Å². The summed E-state index contributed by atoms with van der Waals surface area (Å²) in [6.45, 7) is 6.01. The summed E-state index contributed by atoms with van der Waals surface area (Å²) in [6.07, 6.45) is 4.63. The van der Waals surface area contributed by atoms with E-state index < -0.39 is 0 Å². The number of allylic oxidation sites excluding steroid dienone is 1. The molecule has 0 saturated heterocycles. The minimum Gasteiger partial charge on any atom is -0.350 e. The number of nitrogens with one attached hydrogen (secondary N) is 1. The van der Waals surface area contributed by atoms with Crippen LogP contribution in [0, 0.1) is 5.82 Å². The lowest BCUT2D eigenvalue weighted by molar-refractivity contribution is -0.116. The minimum absolute atomic E-state index is 0.0950. The molecule has 1 unspecified atom stereocenters. The van der Waals surface area contributed by atoms with Crippen molar-refractivity contribution in [1.29, 1.82) is 0 Å². The summed E-state index contributed by atoms with van der Waals surface area (Å²) in [5.74, 6) is 0.0760. The third-order valence-corrected chi connectivity index (χ3v) is 3.64. The fourth-order valence-electron chi connectivity index (χ4n) is 2.88. The number of carbonyl (C=O) groups is 1. The van der Waals surface area contributed by atoms with E-state index in [1.165, 1.54) is 11.6 Å². The molecule has 0 aliphatic heterocycles. The molecule has 2 nitrogen and oxygen atoms in total. The Hall–Kier alpha value is -1.64. The SMILES string of the molecule is CCCC1CC(=CC(=O)NC(C)C)c2cc(F)ccc21. The first kappa shape index (κ1) is 14.8. The molecule has 3 heteroatoms. The number of carbonyl (C=O) groups excluding carboxylic acids is 1. The van der Waals surface area contributed by atoms with E-state index in [1.54, 1.807) is 12.1 Å². The summed E-state index contributed by atoms with van der Waals surface area (Å²) in [6, 6.07) is 5.05. The molecule has 1 aliphatic rings. The second kappa shape index (κ2) is 6.21. The number of amides is 1. The molecule has 0 aromatic heterocycles. The van der Waals surface area contributed by atoms with Gasteiger partial charge in [0, 0.05) is 12.1 Å². The molecule has 1 aromatic rings. The quantitative estimate of drug-likeness (QED) is 0.826. The monoisotopic (exact) mass is 275 g/mol. The normalized spacial score (nSPS) is 19.4. The number of benzene rings is 1. The Morgan fingerprint density at radius 3 is 2.90 bits per heavy atom. The van der Waals surface area contributed by atoms with E-state index in [-0.39, 0.29) is 17.8 Å². The highest BCUT2D eigenvalue weighted by atomic mass is 19.1. The van der Waals surface area contributed by atoms with Gasteiger partial charge in [0.25, 0.3) is 0 Å². The van der Waals surface area contributed by atoms with Gasteiger partial charge in [-0.3, -0.25) is 4.79 Å². The number of fused-ring (bicyclic) bond motifs is 1. The molecule has 1 aliphatic carbocycles. The van der Waals surface area contributed by atoms with E-state index in [9.17, 15) is 9.18 Å². The summed E-state index contributed by atoms with van der Waals surface area (Å²) < 4.78 is 13.5. The van der Waals surface area contributed by atoms with Gasteiger partial charge in [0.15, 0.2) is 0 Å². The standard InChI is InChI=1S/C17H22FNO/c1-4-5-12-8-13(9-17(20)19-11(2)3)16-10-14(18)6-7-15(12)16/h6-7,9-12H,4-5,8H2,1-3H3,(H,19,20). The van der Waals surface area contributed by atoms with Gasteiger partial charge in [-0.05, 0) is 61.4 Å². The molecule has 0 heterocycles. The fourth-order valence-corrected chi connectivity index (χ4v) is 2.88. The van der Waals surface area contributed by atoms with Crippen molar-refractivity contribution >= 4 is 11.5 Å². The van der Waals surface area contributed by atoms with Crippen molar-refractivity contribution in [2.24, 2.45) is 0 Å². The molecule has 108 valence electrons. The van der Waals surface area contributed by atoms with Gasteiger partial charge in [-0.2, -0.15) is 0 Å². The van der Waals surface area contributed by atoms with Crippen LogP contribution in [0.15, 0.2) is 24.3 Å². The largest absolute Gasteiger partial charge is 0.350 e. The van der Waals surface area contributed by atoms with Gasteiger partial charge >= 0.3 is 0 Å². The zero-order valence-electron chi connectivity index (χ0n) is 12.4. The lowest BCUT2D eigenvalue weighted by Gasteiger charge is -2.08. The zero-order valence-corrected chi connectivity index (χ0v) is 12.4. The Morgan fingerprint density at radius 2 is 2.25 bits per heavy atom. The molecule has 1 N–H and O–H groups in total. The first-order valence-corrected chi connectivity index (χ1v) is 7.32. The van der Waals surface area contributed by atoms with Gasteiger partial charge in [-0.25, -0.2) is 4.39 Å². The third-order valence-electron chi connectivity index (χ3n) is 3.64. The maximum Gasteiger partial charge on any atom is 0.244 e. The predicted octanol–water partition coefficient (Wildman–Crippen LogP) is 4.02. The summed E-state index contributed by atoms with van der Waals surface area (Å²) >= 11 is 0. The van der Waals surface area contributed by atoms with Gasteiger partial charge in [0.2, 0.25) is 5.91 Å². The highest BCUT2D eigenvalue weighted by Crippen LogP contribution is 2.43. The van der Waals surface area contributed by atoms with Gasteiger partial charge < -0.3 is 5.32 Å². The molecule has 0 bridgehead atoms. The minimum atomic E-state index is -0.240. The van der Waals surface area contributed by atoms with Crippen molar-refractivity contribution in [1.82, 2.24) is 5.32 Å². The van der Waals surface area contributed by atoms with E-state index in [0.717, 1.165) is 30.4 Å². The second-order valence-electron chi connectivity index (χ2n) is 5.75. The number of hydrogen-bond acceptors (Lipinski definition) is 1. The summed E-state index contributed by atoms with van der Waals surface area (Å²) in [5.41, 5.74) is 3.04. The van der Waals surface area contributed by atoms with Crippen LogP contribution in [0.1, 0.15) is 57.1 Å². The third kappa shape index (κ3) is 3.27. The summed E-state index contributed by atoms with van der Waals surface area (Å²) in [7, 11) is 0. The Balaban J connectivity index is 2.31. The van der Waals surface area contributed by atoms with E-state index in [1.807, 2.05) is 19.9 Å². The molecule has 0 fully saturated rings. The number of hydrogen-bond donors (Lipinski definition) is 1. The molecule has 20 heavy (non-hydrogen) atoms. The maximum absolute atomic E-state index is 13.5. The Kier molecular flexibility index (Phi) is 4.58. The molecule has 0 saturated carbocycles. The van der Waals surface area contributed by atoms with Crippen LogP contribution in [0.4, 0.5) is 4.39 Å². The Morgan fingerprint density at radius 1 is 1.50 bits per heavy atom. The first-order chi connectivity index (χ1) is 9.51. The van der Waals surface area contributed by atoms with E-state index >= 15 is 0 Å². The number of halogens is 1. The van der Waals surface area contributed by atoms with Crippen LogP contribution < -0.4 is 5.32 Å². The van der Waals surface area contributed by atoms with Gasteiger partial charge in [-0.15, -0.1) is 0 Å². The molecule has 2 rings (SSSR count). The van der Waals surface area contributed by atoms with Gasteiger partial charge in [0.1, 0.15) is 5.82 Å². The van der Waals surface area contributed by atoms with Gasteiger partial charge in [0.05, 0.1) is 0 Å². The molecular weight excluding hydrogens is 253 g/mol. The van der Waals surface area contributed by atoms with Crippen LogP contribution in [0.2, 0.25) is 0 Å². The molecule has 1 aromatic carbocycles. The highest BCUT2D eigenvalue weighted by Gasteiger charge is 2.26. The Labute approximate surface area is 120 Å². The fraction of sp³-hybridized carbons (Fsp3) is 0.471. The number of rotatable bonds is 4. The van der Waals surface area contributed by atoms with Crippen molar-refractivity contribution in [2.45, 2.75) is 52.0 Å². The van der Waals surface area contributed by atoms with Gasteiger partial charge in [-0.1, -0.05) is 19.4 Å².